The van der Waals surface area contributed by atoms with E-state index < -0.39 is 10.8 Å². The number of hydrogen-bond acceptors (Lipinski definition) is 12. The minimum Gasteiger partial charge on any atom is -0.496 e. The highest BCUT2D eigenvalue weighted by molar-refractivity contribution is 6.13. The predicted octanol–water partition coefficient (Wildman–Crippen LogP) is 12.5. The zero-order valence-electron chi connectivity index (χ0n) is 44.5. The number of carbonyl (C=O) groups excluding carboxylic acids is 4. The maximum Gasteiger partial charge on any atom is 0.189 e. The molecule has 0 N–H and O–H groups in total. The number of allylic oxidation sites excluding steroid dienone is 4. The van der Waals surface area contributed by atoms with Crippen LogP contribution in [0.3, 0.4) is 0 Å². The van der Waals surface area contributed by atoms with Crippen LogP contribution in [0.2, 0.25) is 0 Å². The van der Waals surface area contributed by atoms with Gasteiger partial charge in [-0.05, 0) is 118 Å². The third-order valence-electron chi connectivity index (χ3n) is 15.9. The molecule has 4 aliphatic carbocycles. The molecule has 0 amide bonds. The monoisotopic (exact) mass is 1040 g/mol. The molecule has 12 rings (SSSR count). The van der Waals surface area contributed by atoms with Gasteiger partial charge in [-0.25, -0.2) is 0 Å². The third kappa shape index (κ3) is 7.56. The first-order valence-corrected chi connectivity index (χ1v) is 25.5. The van der Waals surface area contributed by atoms with E-state index in [1.165, 1.54) is 0 Å². The molecule has 0 saturated heterocycles. The van der Waals surface area contributed by atoms with Crippen molar-refractivity contribution < 1.29 is 57.1 Å². The lowest BCUT2D eigenvalue weighted by atomic mass is 9.62. The van der Waals surface area contributed by atoms with Gasteiger partial charge in [0.15, 0.2) is 36.7 Å². The largest absolute Gasteiger partial charge is 0.496 e. The molecule has 78 heavy (non-hydrogen) atoms. The molecule has 8 aromatic carbocycles. The van der Waals surface area contributed by atoms with Crippen LogP contribution in [0.1, 0.15) is 112 Å². The first kappa shape index (κ1) is 51.3. The summed E-state index contributed by atoms with van der Waals surface area (Å²) in [6, 6.07) is 42.8. The van der Waals surface area contributed by atoms with Crippen LogP contribution in [0.25, 0.3) is 21.5 Å². The van der Waals surface area contributed by atoms with Gasteiger partial charge in [-0.1, -0.05) is 109 Å². The van der Waals surface area contributed by atoms with Crippen molar-refractivity contribution in [3.05, 3.63) is 225 Å². The molecule has 0 fully saturated rings. The maximum absolute atomic E-state index is 13.3. The van der Waals surface area contributed by atoms with Gasteiger partial charge < -0.3 is 37.9 Å². The number of carbonyl (C=O) groups is 4. The van der Waals surface area contributed by atoms with E-state index in [0.717, 1.165) is 66.1 Å². The molecular weight excluding hydrogens is 985 g/mol. The molecule has 8 aromatic rings. The summed E-state index contributed by atoms with van der Waals surface area (Å²) in [7, 11) is 9.58. The molecule has 0 aliphatic heterocycles. The third-order valence-corrected chi connectivity index (χ3v) is 15.9. The van der Waals surface area contributed by atoms with E-state index in [2.05, 4.69) is 24.3 Å². The van der Waals surface area contributed by atoms with E-state index in [0.29, 0.717) is 56.8 Å². The summed E-state index contributed by atoms with van der Waals surface area (Å²) >= 11 is 0. The predicted molar refractivity (Wildman–Crippen MR) is 297 cm³/mol. The standard InChI is InChI=1S/2C33H28O6/c2*1-19(34)20-8-5-6-9-21(20)32-22-12-14-28(39-18-36-2)31-27(38-4)15-13-24(29(22)31)33(32)17-16-25(35)30-23(33)10-7-11-26(30)37-3/h2*5-17,32H,18H2,1-4H3/t2*32-,33+/m10/s1. The Labute approximate surface area is 451 Å². The van der Waals surface area contributed by atoms with Crippen LogP contribution in [-0.2, 0) is 20.3 Å². The summed E-state index contributed by atoms with van der Waals surface area (Å²) in [5.41, 5.74) is 8.23. The number of fused-ring (bicyclic) bond motifs is 6. The van der Waals surface area contributed by atoms with Crippen LogP contribution in [0.5, 0.6) is 34.5 Å². The highest BCUT2D eigenvalue weighted by Gasteiger charge is 2.54. The molecule has 0 heterocycles. The minimum atomic E-state index is -0.796. The second kappa shape index (κ2) is 20.3. The fourth-order valence-electron chi connectivity index (χ4n) is 13.0. The lowest BCUT2D eigenvalue weighted by molar-refractivity contribution is 0.0520. The molecule has 12 nitrogen and oxygen atoms in total. The zero-order chi connectivity index (χ0) is 54.6. The Kier molecular flexibility index (Phi) is 13.3. The molecule has 0 aromatic heterocycles. The number of Topliss-reactive ketones (excluding diaryl/α,β-unsaturated/α-hetero) is 2. The lowest BCUT2D eigenvalue weighted by Gasteiger charge is -2.39. The quantitative estimate of drug-likeness (QED) is 0.0756. The lowest BCUT2D eigenvalue weighted by Crippen LogP contribution is -2.35. The fraction of sp³-hybridized carbons (Fsp3) is 0.212. The van der Waals surface area contributed by atoms with Crippen LogP contribution in [0.15, 0.2) is 158 Å². The number of hydrogen-bond donors (Lipinski definition) is 0. The molecule has 0 saturated carbocycles. The Bertz CT molecular complexity index is 3620. The van der Waals surface area contributed by atoms with E-state index in [1.807, 2.05) is 121 Å². The van der Waals surface area contributed by atoms with Gasteiger partial charge in [0.25, 0.3) is 0 Å². The summed E-state index contributed by atoms with van der Waals surface area (Å²) in [6.07, 6.45) is 7.27. The van der Waals surface area contributed by atoms with Crippen molar-refractivity contribution in [1.82, 2.24) is 0 Å². The van der Waals surface area contributed by atoms with Gasteiger partial charge in [0.1, 0.15) is 34.5 Å². The molecular formula is C66H56O12. The van der Waals surface area contributed by atoms with Crippen molar-refractivity contribution >= 4 is 44.7 Å². The molecule has 12 heteroatoms. The van der Waals surface area contributed by atoms with Crippen molar-refractivity contribution in [1.29, 1.82) is 0 Å². The number of ether oxygens (including phenoxy) is 8. The van der Waals surface area contributed by atoms with Crippen LogP contribution in [-0.4, -0.2) is 79.4 Å². The van der Waals surface area contributed by atoms with E-state index in [4.69, 9.17) is 37.9 Å². The smallest absolute Gasteiger partial charge is 0.189 e. The van der Waals surface area contributed by atoms with Crippen LogP contribution in [0.4, 0.5) is 0 Å². The molecule has 0 radical (unpaired) electrons. The summed E-state index contributed by atoms with van der Waals surface area (Å²) < 4.78 is 45.4. The van der Waals surface area contributed by atoms with E-state index in [-0.39, 0.29) is 48.6 Å². The maximum atomic E-state index is 13.3. The van der Waals surface area contributed by atoms with Gasteiger partial charge in [0.05, 0.1) is 61.2 Å². The van der Waals surface area contributed by atoms with Crippen LogP contribution < -0.4 is 28.4 Å². The zero-order valence-corrected chi connectivity index (χ0v) is 44.5. The minimum absolute atomic E-state index is 0.0210. The van der Waals surface area contributed by atoms with Crippen LogP contribution in [0, 0.1) is 0 Å². The van der Waals surface area contributed by atoms with Gasteiger partial charge in [-0.2, -0.15) is 0 Å². The van der Waals surface area contributed by atoms with E-state index in [1.54, 1.807) is 68.7 Å². The second-order valence-corrected chi connectivity index (χ2v) is 19.6. The van der Waals surface area contributed by atoms with Crippen molar-refractivity contribution in [3.63, 3.8) is 0 Å². The topological polar surface area (TPSA) is 142 Å². The Hall–Kier alpha value is -8.84. The average molecular weight is 1040 g/mol. The molecule has 392 valence electrons. The number of ketones is 4. The molecule has 4 atom stereocenters. The highest BCUT2D eigenvalue weighted by atomic mass is 16.7. The molecule has 4 aliphatic rings. The summed E-state index contributed by atoms with van der Waals surface area (Å²) in [4.78, 5) is 52.5. The van der Waals surface area contributed by atoms with Crippen LogP contribution >= 0.6 is 0 Å². The highest BCUT2D eigenvalue weighted by Crippen LogP contribution is 2.64. The van der Waals surface area contributed by atoms with E-state index in [9.17, 15) is 19.2 Å². The Morgan fingerprint density at radius 2 is 0.782 bits per heavy atom. The van der Waals surface area contributed by atoms with Crippen molar-refractivity contribution in [2.75, 3.05) is 56.2 Å². The molecule has 0 unspecified atom stereocenters. The van der Waals surface area contributed by atoms with Gasteiger partial charge in [-0.15, -0.1) is 0 Å². The van der Waals surface area contributed by atoms with Gasteiger partial charge in [0.2, 0.25) is 0 Å². The van der Waals surface area contributed by atoms with Crippen molar-refractivity contribution in [2.45, 2.75) is 36.5 Å². The first-order chi connectivity index (χ1) is 37.9. The summed E-state index contributed by atoms with van der Waals surface area (Å²) in [6.45, 7) is 3.34. The van der Waals surface area contributed by atoms with Crippen molar-refractivity contribution in [2.24, 2.45) is 0 Å². The normalized spacial score (nSPS) is 18.9. The van der Waals surface area contributed by atoms with Gasteiger partial charge in [-0.3, -0.25) is 19.2 Å². The second-order valence-electron chi connectivity index (χ2n) is 19.6. The molecule has 0 bridgehead atoms. The molecule has 2 spiro atoms. The number of rotatable bonds is 14. The van der Waals surface area contributed by atoms with Gasteiger partial charge in [0, 0.05) is 37.2 Å². The number of methoxy groups -OCH3 is 6. The Balaban J connectivity index is 0.000000165. The Morgan fingerprint density at radius 3 is 1.15 bits per heavy atom. The first-order valence-electron chi connectivity index (χ1n) is 25.5. The Morgan fingerprint density at radius 1 is 0.397 bits per heavy atom. The van der Waals surface area contributed by atoms with Gasteiger partial charge >= 0.3 is 0 Å². The van der Waals surface area contributed by atoms with Crippen molar-refractivity contribution in [3.8, 4) is 34.5 Å². The van der Waals surface area contributed by atoms with E-state index >= 15 is 0 Å². The summed E-state index contributed by atoms with van der Waals surface area (Å²) in [5, 5.41) is 3.58. The summed E-state index contributed by atoms with van der Waals surface area (Å²) in [5.74, 6) is 2.74. The number of benzene rings is 8. The average Bonchev–Trinajstić information content (AvgIpc) is 3.66. The fourth-order valence-corrected chi connectivity index (χ4v) is 13.0. The SMILES string of the molecule is COCOc1ccc2c3c(ccc(OC)c13)[C@@]1(C=CC(=O)c3c(OC)cccc31)[C@@H]2c1ccccc1C(C)=O.COCOc1ccc2c3c(ccc(OC)c13)[C@]1(C=CC(=O)c3c(OC)cccc31)[C@H]2c1ccccc1C(C)=O.